The normalized spacial score (nSPS) is 29.8. The number of hydrogen-bond donors (Lipinski definition) is 1. The lowest BCUT2D eigenvalue weighted by atomic mass is 9.80. The molecule has 1 aromatic rings. The molecule has 3 rings (SSSR count). The summed E-state index contributed by atoms with van der Waals surface area (Å²) in [6.45, 7) is 3.09. The van der Waals surface area contributed by atoms with Crippen molar-refractivity contribution in [3.05, 3.63) is 29.8 Å². The van der Waals surface area contributed by atoms with E-state index < -0.39 is 0 Å². The molecule has 0 bridgehead atoms. The predicted molar refractivity (Wildman–Crippen MR) is 72.9 cm³/mol. The van der Waals surface area contributed by atoms with Gasteiger partial charge < -0.3 is 15.4 Å². The number of nitrogens with two attached hydrogens (primary N) is 1. The third-order valence-corrected chi connectivity index (χ3v) is 4.17. The third-order valence-electron chi connectivity index (χ3n) is 4.17. The van der Waals surface area contributed by atoms with Gasteiger partial charge in [-0.15, -0.1) is 0 Å². The van der Waals surface area contributed by atoms with Gasteiger partial charge in [-0.3, -0.25) is 0 Å². The standard InChI is InChI=1S/C15H22N2O/c1-17(8-11-6-13(16)7-11)9-12-10-18-15-5-3-2-4-14(12)15/h2-5,11-13H,6-10,16H2,1H3. The first kappa shape index (κ1) is 12.0. The van der Waals surface area contributed by atoms with E-state index in [0.29, 0.717) is 12.0 Å². The maximum absolute atomic E-state index is 5.83. The van der Waals surface area contributed by atoms with E-state index in [0.717, 1.165) is 24.8 Å². The van der Waals surface area contributed by atoms with Gasteiger partial charge in [0.1, 0.15) is 5.75 Å². The maximum Gasteiger partial charge on any atom is 0.122 e. The van der Waals surface area contributed by atoms with Gasteiger partial charge in [-0.05, 0) is 31.9 Å². The van der Waals surface area contributed by atoms with E-state index in [2.05, 4.69) is 30.1 Å². The van der Waals surface area contributed by atoms with Crippen LogP contribution in [0.25, 0.3) is 0 Å². The molecule has 1 heterocycles. The Morgan fingerprint density at radius 1 is 1.28 bits per heavy atom. The second-order valence-corrected chi connectivity index (χ2v) is 5.86. The zero-order chi connectivity index (χ0) is 12.5. The summed E-state index contributed by atoms with van der Waals surface area (Å²) in [6, 6.07) is 8.87. The predicted octanol–water partition coefficient (Wildman–Crippen LogP) is 1.83. The minimum atomic E-state index is 0.457. The van der Waals surface area contributed by atoms with Crippen LogP contribution < -0.4 is 10.5 Å². The number of fused-ring (bicyclic) bond motifs is 1. The Bertz CT molecular complexity index is 415. The fourth-order valence-electron chi connectivity index (χ4n) is 3.21. The zero-order valence-corrected chi connectivity index (χ0v) is 11.0. The number of hydrogen-bond acceptors (Lipinski definition) is 3. The monoisotopic (exact) mass is 246 g/mol. The second-order valence-electron chi connectivity index (χ2n) is 5.86. The van der Waals surface area contributed by atoms with Crippen molar-refractivity contribution in [1.29, 1.82) is 0 Å². The summed E-state index contributed by atoms with van der Waals surface area (Å²) < 4.78 is 5.73. The van der Waals surface area contributed by atoms with E-state index >= 15 is 0 Å². The largest absolute Gasteiger partial charge is 0.493 e. The van der Waals surface area contributed by atoms with Crippen molar-refractivity contribution in [3.63, 3.8) is 0 Å². The van der Waals surface area contributed by atoms with Crippen LogP contribution in [0.5, 0.6) is 5.75 Å². The summed E-state index contributed by atoms with van der Waals surface area (Å²) in [4.78, 5) is 2.44. The summed E-state index contributed by atoms with van der Waals surface area (Å²) in [6.07, 6.45) is 2.39. The van der Waals surface area contributed by atoms with Crippen molar-refractivity contribution in [3.8, 4) is 5.75 Å². The molecule has 1 saturated carbocycles. The van der Waals surface area contributed by atoms with Gasteiger partial charge in [0.25, 0.3) is 0 Å². The van der Waals surface area contributed by atoms with E-state index in [-0.39, 0.29) is 0 Å². The highest BCUT2D eigenvalue weighted by Crippen LogP contribution is 2.34. The molecule has 18 heavy (non-hydrogen) atoms. The molecule has 3 heteroatoms. The topological polar surface area (TPSA) is 38.5 Å². The van der Waals surface area contributed by atoms with Gasteiger partial charge in [-0.25, -0.2) is 0 Å². The molecule has 0 aromatic heterocycles. The first-order chi connectivity index (χ1) is 8.72. The van der Waals surface area contributed by atoms with E-state index in [1.807, 2.05) is 6.07 Å². The SMILES string of the molecule is CN(CC1CC(N)C1)CC1COc2ccccc21. The van der Waals surface area contributed by atoms with Gasteiger partial charge in [0.05, 0.1) is 6.61 Å². The summed E-state index contributed by atoms with van der Waals surface area (Å²) >= 11 is 0. The number of ether oxygens (including phenoxy) is 1. The van der Waals surface area contributed by atoms with Crippen molar-refractivity contribution >= 4 is 0 Å². The lowest BCUT2D eigenvalue weighted by Gasteiger charge is -2.35. The highest BCUT2D eigenvalue weighted by atomic mass is 16.5. The van der Waals surface area contributed by atoms with Gasteiger partial charge in [0.2, 0.25) is 0 Å². The zero-order valence-electron chi connectivity index (χ0n) is 11.0. The minimum absolute atomic E-state index is 0.457. The molecule has 1 unspecified atom stereocenters. The summed E-state index contributed by atoms with van der Waals surface area (Å²) in [5.41, 5.74) is 7.20. The molecule has 0 radical (unpaired) electrons. The maximum atomic E-state index is 5.83. The van der Waals surface area contributed by atoms with Gasteiger partial charge in [0.15, 0.2) is 0 Å². The van der Waals surface area contributed by atoms with Crippen molar-refractivity contribution in [2.24, 2.45) is 11.7 Å². The summed E-state index contributed by atoms with van der Waals surface area (Å²) in [7, 11) is 2.21. The molecule has 1 aromatic carbocycles. The van der Waals surface area contributed by atoms with Crippen molar-refractivity contribution in [2.75, 3.05) is 26.7 Å². The second kappa shape index (κ2) is 4.90. The molecule has 98 valence electrons. The van der Waals surface area contributed by atoms with Crippen LogP contribution in [0.4, 0.5) is 0 Å². The smallest absolute Gasteiger partial charge is 0.122 e. The highest BCUT2D eigenvalue weighted by molar-refractivity contribution is 5.39. The lowest BCUT2D eigenvalue weighted by Crippen LogP contribution is -2.42. The molecule has 3 nitrogen and oxygen atoms in total. The summed E-state index contributed by atoms with van der Waals surface area (Å²) in [5.74, 6) is 2.41. The number of para-hydroxylation sites is 1. The molecule has 0 saturated heterocycles. The Morgan fingerprint density at radius 2 is 2.06 bits per heavy atom. The Hall–Kier alpha value is -1.06. The molecule has 1 aliphatic carbocycles. The Morgan fingerprint density at radius 3 is 2.83 bits per heavy atom. The average molecular weight is 246 g/mol. The molecule has 1 atom stereocenters. The van der Waals surface area contributed by atoms with Crippen LogP contribution >= 0.6 is 0 Å². The number of nitrogens with zero attached hydrogens (tertiary/aromatic N) is 1. The van der Waals surface area contributed by atoms with Crippen LogP contribution in [0.2, 0.25) is 0 Å². The minimum Gasteiger partial charge on any atom is -0.493 e. The van der Waals surface area contributed by atoms with Crippen LogP contribution in [0, 0.1) is 5.92 Å². The lowest BCUT2D eigenvalue weighted by molar-refractivity contribution is 0.171. The van der Waals surface area contributed by atoms with E-state index in [1.54, 1.807) is 0 Å². The van der Waals surface area contributed by atoms with Crippen LogP contribution in [-0.4, -0.2) is 37.7 Å². The van der Waals surface area contributed by atoms with Crippen molar-refractivity contribution < 1.29 is 4.74 Å². The quantitative estimate of drug-likeness (QED) is 0.881. The fourth-order valence-corrected chi connectivity index (χ4v) is 3.21. The molecule has 0 amide bonds. The van der Waals surface area contributed by atoms with Crippen LogP contribution in [0.1, 0.15) is 24.3 Å². The van der Waals surface area contributed by atoms with Gasteiger partial charge >= 0.3 is 0 Å². The van der Waals surface area contributed by atoms with Gasteiger partial charge in [-0.1, -0.05) is 18.2 Å². The van der Waals surface area contributed by atoms with E-state index in [1.165, 1.54) is 24.9 Å². The molecular weight excluding hydrogens is 224 g/mol. The molecular formula is C15H22N2O. The van der Waals surface area contributed by atoms with E-state index in [9.17, 15) is 0 Å². The fraction of sp³-hybridized carbons (Fsp3) is 0.600. The Balaban J connectivity index is 1.54. The van der Waals surface area contributed by atoms with Crippen LogP contribution in [-0.2, 0) is 0 Å². The molecule has 0 spiro atoms. The highest BCUT2D eigenvalue weighted by Gasteiger charge is 2.29. The molecule has 1 aliphatic heterocycles. The number of rotatable bonds is 4. The Kier molecular flexibility index (Phi) is 3.27. The van der Waals surface area contributed by atoms with Crippen LogP contribution in [0.15, 0.2) is 24.3 Å². The molecule has 2 N–H and O–H groups in total. The van der Waals surface area contributed by atoms with Gasteiger partial charge in [-0.2, -0.15) is 0 Å². The Labute approximate surface area is 109 Å². The molecule has 1 fully saturated rings. The summed E-state index contributed by atoms with van der Waals surface area (Å²) in [5, 5.41) is 0. The number of likely N-dealkylation sites (N-methyl/N-ethyl adjacent to an activating group) is 1. The average Bonchev–Trinajstić information content (AvgIpc) is 2.71. The third kappa shape index (κ3) is 2.38. The van der Waals surface area contributed by atoms with Crippen LogP contribution in [0.3, 0.4) is 0 Å². The molecule has 2 aliphatic rings. The first-order valence-corrected chi connectivity index (χ1v) is 6.88. The number of benzene rings is 1. The van der Waals surface area contributed by atoms with E-state index in [4.69, 9.17) is 10.5 Å². The van der Waals surface area contributed by atoms with Crippen molar-refractivity contribution in [1.82, 2.24) is 4.90 Å². The first-order valence-electron chi connectivity index (χ1n) is 6.88. The van der Waals surface area contributed by atoms with Gasteiger partial charge in [0, 0.05) is 30.6 Å². The van der Waals surface area contributed by atoms with Crippen molar-refractivity contribution in [2.45, 2.75) is 24.8 Å².